The molecule has 0 saturated heterocycles. The molecule has 0 aliphatic rings. The van der Waals surface area contributed by atoms with E-state index in [9.17, 15) is 14.7 Å². The number of anilines is 2. The average molecular weight is 284 g/mol. The van der Waals surface area contributed by atoms with Crippen LogP contribution in [0.25, 0.3) is 0 Å². The van der Waals surface area contributed by atoms with Crippen molar-refractivity contribution in [1.29, 1.82) is 0 Å². The molecular weight excluding hydrogens is 268 g/mol. The number of nitrogen functional groups attached to an aromatic ring is 1. The van der Waals surface area contributed by atoms with Crippen molar-refractivity contribution in [3.63, 3.8) is 0 Å². The lowest BCUT2D eigenvalue weighted by Gasteiger charge is -2.20. The van der Waals surface area contributed by atoms with Crippen LogP contribution in [0.1, 0.15) is 26.3 Å². The molecule has 5 heteroatoms. The van der Waals surface area contributed by atoms with Gasteiger partial charge in [0.25, 0.3) is 5.91 Å². The normalized spacial score (nSPS) is 10.2. The summed E-state index contributed by atoms with van der Waals surface area (Å²) >= 11 is 0. The number of nitrogens with two attached hydrogens (primary N) is 1. The van der Waals surface area contributed by atoms with E-state index in [1.54, 1.807) is 30.3 Å². The highest BCUT2D eigenvalue weighted by Gasteiger charge is 2.20. The predicted octanol–water partition coefficient (Wildman–Crippen LogP) is 2.55. The summed E-state index contributed by atoms with van der Waals surface area (Å²) in [5.74, 6) is -1.42. The Kier molecular flexibility index (Phi) is 3.93. The van der Waals surface area contributed by atoms with E-state index in [2.05, 4.69) is 0 Å². The van der Waals surface area contributed by atoms with Gasteiger partial charge in [-0.15, -0.1) is 0 Å². The quantitative estimate of drug-likeness (QED) is 0.848. The summed E-state index contributed by atoms with van der Waals surface area (Å²) in [5, 5.41) is 9.20. The summed E-state index contributed by atoms with van der Waals surface area (Å²) in [6.07, 6.45) is 0. The minimum atomic E-state index is -1.08. The number of benzene rings is 2. The van der Waals surface area contributed by atoms with Crippen LogP contribution in [0.5, 0.6) is 0 Å². The number of carboxylic acid groups (broad SMARTS) is 1. The van der Waals surface area contributed by atoms with Gasteiger partial charge < -0.3 is 15.7 Å². The molecule has 21 heavy (non-hydrogen) atoms. The van der Waals surface area contributed by atoms with Gasteiger partial charge in [0.2, 0.25) is 0 Å². The Morgan fingerprint density at radius 3 is 2.43 bits per heavy atom. The van der Waals surface area contributed by atoms with Crippen LogP contribution < -0.4 is 10.6 Å². The van der Waals surface area contributed by atoms with Gasteiger partial charge in [0, 0.05) is 12.7 Å². The van der Waals surface area contributed by atoms with Crippen LogP contribution in [0.4, 0.5) is 11.4 Å². The Labute approximate surface area is 122 Å². The summed E-state index contributed by atoms with van der Waals surface area (Å²) in [6.45, 7) is 1.86. The van der Waals surface area contributed by atoms with Gasteiger partial charge in [-0.2, -0.15) is 0 Å². The lowest BCUT2D eigenvalue weighted by molar-refractivity contribution is 0.0697. The molecule has 0 aromatic heterocycles. The molecular formula is C16H16N2O3. The van der Waals surface area contributed by atoms with Crippen LogP contribution in [0, 0.1) is 6.92 Å². The lowest BCUT2D eigenvalue weighted by Crippen LogP contribution is -2.28. The number of carbonyl (C=O) groups is 2. The number of aromatic carboxylic acids is 1. The lowest BCUT2D eigenvalue weighted by atomic mass is 10.1. The van der Waals surface area contributed by atoms with Crippen molar-refractivity contribution in [2.45, 2.75) is 6.92 Å². The van der Waals surface area contributed by atoms with Crippen molar-refractivity contribution < 1.29 is 14.7 Å². The van der Waals surface area contributed by atoms with Crippen LogP contribution in [-0.2, 0) is 0 Å². The monoisotopic (exact) mass is 284 g/mol. The highest BCUT2D eigenvalue weighted by atomic mass is 16.4. The first-order valence-electron chi connectivity index (χ1n) is 6.38. The zero-order valence-electron chi connectivity index (χ0n) is 11.8. The van der Waals surface area contributed by atoms with E-state index in [1.165, 1.54) is 18.0 Å². The molecule has 1 amide bonds. The number of carbonyl (C=O) groups excluding carboxylic acids is 1. The summed E-state index contributed by atoms with van der Waals surface area (Å²) in [4.78, 5) is 25.1. The molecule has 0 fully saturated rings. The van der Waals surface area contributed by atoms with Crippen molar-refractivity contribution in [3.8, 4) is 0 Å². The van der Waals surface area contributed by atoms with Crippen LogP contribution in [0.15, 0.2) is 42.5 Å². The van der Waals surface area contributed by atoms with Gasteiger partial charge in [0.15, 0.2) is 0 Å². The maximum atomic E-state index is 12.5. The third-order valence-electron chi connectivity index (χ3n) is 3.24. The zero-order valence-corrected chi connectivity index (χ0v) is 11.8. The molecule has 0 aliphatic carbocycles. The van der Waals surface area contributed by atoms with Gasteiger partial charge >= 0.3 is 5.97 Å². The zero-order chi connectivity index (χ0) is 15.6. The highest BCUT2D eigenvalue weighted by Crippen LogP contribution is 2.23. The SMILES string of the molecule is Cc1ccc(N)c(C(=O)N(C)c2ccccc2C(=O)O)c1. The molecule has 0 spiro atoms. The maximum absolute atomic E-state index is 12.5. The van der Waals surface area contributed by atoms with Gasteiger partial charge in [-0.1, -0.05) is 23.8 Å². The molecule has 0 unspecified atom stereocenters. The molecule has 0 saturated carbocycles. The van der Waals surface area contributed by atoms with Gasteiger partial charge in [0.1, 0.15) is 0 Å². The van der Waals surface area contributed by atoms with Crippen molar-refractivity contribution >= 4 is 23.3 Å². The number of hydrogen-bond donors (Lipinski definition) is 2. The maximum Gasteiger partial charge on any atom is 0.337 e. The number of para-hydroxylation sites is 1. The molecule has 3 N–H and O–H groups in total. The van der Waals surface area contributed by atoms with E-state index in [4.69, 9.17) is 5.73 Å². The standard InChI is InChI=1S/C16H16N2O3/c1-10-7-8-13(17)12(9-10)15(19)18(2)14-6-4-3-5-11(14)16(20)21/h3-9H,17H2,1-2H3,(H,20,21). The van der Waals surface area contributed by atoms with Gasteiger partial charge in [-0.3, -0.25) is 4.79 Å². The number of nitrogens with zero attached hydrogens (tertiary/aromatic N) is 1. The summed E-state index contributed by atoms with van der Waals surface area (Å²) in [6, 6.07) is 11.5. The molecule has 0 heterocycles. The van der Waals surface area contributed by atoms with Gasteiger partial charge in [-0.25, -0.2) is 4.79 Å². The Morgan fingerprint density at radius 2 is 1.76 bits per heavy atom. The minimum Gasteiger partial charge on any atom is -0.478 e. The van der Waals surface area contributed by atoms with E-state index < -0.39 is 5.97 Å². The molecule has 2 aromatic carbocycles. The van der Waals surface area contributed by atoms with Crippen LogP contribution in [0.3, 0.4) is 0 Å². The van der Waals surface area contributed by atoms with Gasteiger partial charge in [0.05, 0.1) is 16.8 Å². The molecule has 2 rings (SSSR count). The number of aryl methyl sites for hydroxylation is 1. The fourth-order valence-electron chi connectivity index (χ4n) is 2.09. The third-order valence-corrected chi connectivity index (χ3v) is 3.24. The molecule has 0 atom stereocenters. The summed E-state index contributed by atoms with van der Waals surface area (Å²) in [7, 11) is 1.53. The van der Waals surface area contributed by atoms with Gasteiger partial charge in [-0.05, 0) is 31.2 Å². The fraction of sp³-hybridized carbons (Fsp3) is 0.125. The summed E-state index contributed by atoms with van der Waals surface area (Å²) < 4.78 is 0. The first-order chi connectivity index (χ1) is 9.91. The van der Waals surface area contributed by atoms with Crippen molar-refractivity contribution in [2.24, 2.45) is 0 Å². The molecule has 0 aliphatic heterocycles. The number of amides is 1. The number of rotatable bonds is 3. The van der Waals surface area contributed by atoms with Crippen molar-refractivity contribution in [1.82, 2.24) is 0 Å². The topological polar surface area (TPSA) is 83.6 Å². The second kappa shape index (κ2) is 5.66. The summed E-state index contributed by atoms with van der Waals surface area (Å²) in [5.41, 5.74) is 7.87. The first-order valence-corrected chi connectivity index (χ1v) is 6.38. The van der Waals surface area contributed by atoms with E-state index in [0.717, 1.165) is 5.56 Å². The fourth-order valence-corrected chi connectivity index (χ4v) is 2.09. The molecule has 108 valence electrons. The Morgan fingerprint density at radius 1 is 1.10 bits per heavy atom. The van der Waals surface area contributed by atoms with E-state index in [-0.39, 0.29) is 11.5 Å². The van der Waals surface area contributed by atoms with E-state index in [1.807, 2.05) is 13.0 Å². The smallest absolute Gasteiger partial charge is 0.337 e. The Hall–Kier alpha value is -2.82. The molecule has 0 bridgehead atoms. The second-order valence-electron chi connectivity index (χ2n) is 4.78. The molecule has 0 radical (unpaired) electrons. The second-order valence-corrected chi connectivity index (χ2v) is 4.78. The van der Waals surface area contributed by atoms with E-state index in [0.29, 0.717) is 16.9 Å². The van der Waals surface area contributed by atoms with Crippen LogP contribution in [0.2, 0.25) is 0 Å². The number of carboxylic acids is 1. The first kappa shape index (κ1) is 14.6. The molecule has 5 nitrogen and oxygen atoms in total. The van der Waals surface area contributed by atoms with E-state index >= 15 is 0 Å². The molecule has 2 aromatic rings. The van der Waals surface area contributed by atoms with Crippen LogP contribution >= 0.6 is 0 Å². The van der Waals surface area contributed by atoms with Crippen molar-refractivity contribution in [2.75, 3.05) is 17.7 Å². The third kappa shape index (κ3) is 2.86. The average Bonchev–Trinajstić information content (AvgIpc) is 2.48. The van der Waals surface area contributed by atoms with Crippen LogP contribution in [-0.4, -0.2) is 24.0 Å². The Balaban J connectivity index is 2.45. The predicted molar refractivity (Wildman–Crippen MR) is 81.7 cm³/mol. The minimum absolute atomic E-state index is 0.0691. The highest BCUT2D eigenvalue weighted by molar-refractivity contribution is 6.11. The van der Waals surface area contributed by atoms with Crippen molar-refractivity contribution in [3.05, 3.63) is 59.2 Å². The largest absolute Gasteiger partial charge is 0.478 e. The Bertz CT molecular complexity index is 710. The number of hydrogen-bond acceptors (Lipinski definition) is 3.